The van der Waals surface area contributed by atoms with Gasteiger partial charge in [0.15, 0.2) is 18.2 Å². The molecule has 1 saturated heterocycles. The van der Waals surface area contributed by atoms with E-state index < -0.39 is 0 Å². The molecule has 0 atom stereocenters. The lowest BCUT2D eigenvalue weighted by Crippen LogP contribution is -2.42. The Morgan fingerprint density at radius 1 is 1.36 bits per heavy atom. The number of hydrogen-bond acceptors (Lipinski definition) is 8. The number of likely N-dealkylation sites (N-methyl/N-ethyl adjacent to an activating group) is 1. The summed E-state index contributed by atoms with van der Waals surface area (Å²) < 4.78 is 6.90. The predicted octanol–water partition coefficient (Wildman–Crippen LogP) is 1.77. The highest BCUT2D eigenvalue weighted by molar-refractivity contribution is 6.32. The van der Waals surface area contributed by atoms with E-state index in [-0.39, 0.29) is 23.8 Å². The van der Waals surface area contributed by atoms with E-state index in [1.165, 1.54) is 11.6 Å². The van der Waals surface area contributed by atoms with Crippen LogP contribution in [-0.4, -0.2) is 53.7 Å². The molecular formula is C22H24ClN7O3. The summed E-state index contributed by atoms with van der Waals surface area (Å²) in [5, 5.41) is 10.0. The number of pyridine rings is 1. The van der Waals surface area contributed by atoms with Gasteiger partial charge in [0.2, 0.25) is 5.95 Å². The van der Waals surface area contributed by atoms with Crippen molar-refractivity contribution in [1.29, 1.82) is 0 Å². The molecule has 0 bridgehead atoms. The monoisotopic (exact) mass is 469 g/mol. The van der Waals surface area contributed by atoms with Gasteiger partial charge in [-0.3, -0.25) is 9.59 Å². The first-order valence-corrected chi connectivity index (χ1v) is 10.7. The van der Waals surface area contributed by atoms with Crippen LogP contribution in [0.5, 0.6) is 5.75 Å². The highest BCUT2D eigenvalue weighted by Crippen LogP contribution is 2.28. The van der Waals surface area contributed by atoms with Crippen LogP contribution < -0.4 is 31.1 Å². The molecule has 1 aliphatic rings. The Hall–Kier alpha value is -3.79. The van der Waals surface area contributed by atoms with Crippen molar-refractivity contribution < 1.29 is 9.53 Å². The molecule has 11 heteroatoms. The number of anilines is 3. The van der Waals surface area contributed by atoms with Crippen molar-refractivity contribution in [3.05, 3.63) is 58.1 Å². The van der Waals surface area contributed by atoms with Crippen molar-refractivity contribution in [2.45, 2.75) is 0 Å². The molecule has 1 fully saturated rings. The van der Waals surface area contributed by atoms with Gasteiger partial charge in [0, 0.05) is 44.0 Å². The fourth-order valence-corrected chi connectivity index (χ4v) is 3.63. The minimum Gasteiger partial charge on any atom is -0.478 e. The summed E-state index contributed by atoms with van der Waals surface area (Å²) in [6, 6.07) is 7.12. The zero-order chi connectivity index (χ0) is 23.5. The van der Waals surface area contributed by atoms with Crippen LogP contribution in [0.2, 0.25) is 5.02 Å². The van der Waals surface area contributed by atoms with E-state index >= 15 is 0 Å². The number of aryl methyl sites for hydroxylation is 1. The number of rotatable bonds is 6. The van der Waals surface area contributed by atoms with Crippen LogP contribution in [0.25, 0.3) is 10.9 Å². The van der Waals surface area contributed by atoms with E-state index in [4.69, 9.17) is 16.3 Å². The van der Waals surface area contributed by atoms with Gasteiger partial charge in [-0.05, 0) is 24.3 Å². The number of nitrogens with one attached hydrogen (secondary N) is 3. The van der Waals surface area contributed by atoms with Gasteiger partial charge in [-0.1, -0.05) is 18.2 Å². The minimum atomic E-state index is -0.326. The third-order valence-corrected chi connectivity index (χ3v) is 5.52. The fourth-order valence-electron chi connectivity index (χ4n) is 3.49. The molecule has 10 nitrogen and oxygen atoms in total. The molecule has 0 unspecified atom stereocenters. The first-order valence-electron chi connectivity index (χ1n) is 10.3. The van der Waals surface area contributed by atoms with Crippen molar-refractivity contribution in [3.8, 4) is 5.75 Å². The van der Waals surface area contributed by atoms with Crippen LogP contribution in [0.15, 0.2) is 47.5 Å². The summed E-state index contributed by atoms with van der Waals surface area (Å²) in [5.74, 6) is 0.783. The van der Waals surface area contributed by atoms with E-state index in [0.29, 0.717) is 28.9 Å². The third-order valence-electron chi connectivity index (χ3n) is 5.24. The van der Waals surface area contributed by atoms with Crippen LogP contribution in [0, 0.1) is 0 Å². The van der Waals surface area contributed by atoms with Gasteiger partial charge in [0.05, 0.1) is 18.3 Å². The van der Waals surface area contributed by atoms with Gasteiger partial charge in [-0.2, -0.15) is 4.98 Å². The molecule has 1 aromatic carbocycles. The number of nitrogens with zero attached hydrogens (tertiary/aromatic N) is 4. The van der Waals surface area contributed by atoms with Crippen LogP contribution >= 0.6 is 11.6 Å². The summed E-state index contributed by atoms with van der Waals surface area (Å²) in [4.78, 5) is 35.0. The normalized spacial score (nSPS) is 13.5. The Morgan fingerprint density at radius 3 is 2.94 bits per heavy atom. The molecule has 1 amide bonds. The number of carbonyl (C=O) groups is 1. The van der Waals surface area contributed by atoms with Gasteiger partial charge < -0.3 is 30.2 Å². The fraction of sp³-hybridized carbons (Fsp3) is 0.273. The summed E-state index contributed by atoms with van der Waals surface area (Å²) in [7, 11) is 3.16. The predicted molar refractivity (Wildman–Crippen MR) is 128 cm³/mol. The van der Waals surface area contributed by atoms with E-state index in [0.717, 1.165) is 29.9 Å². The molecule has 1 aliphatic heterocycles. The second-order valence-corrected chi connectivity index (χ2v) is 7.96. The van der Waals surface area contributed by atoms with Gasteiger partial charge in [-0.25, -0.2) is 4.98 Å². The molecule has 0 saturated carbocycles. The molecular weight excluding hydrogens is 446 g/mol. The summed E-state index contributed by atoms with van der Waals surface area (Å²) in [5.41, 5.74) is 2.01. The van der Waals surface area contributed by atoms with E-state index in [1.54, 1.807) is 19.3 Å². The zero-order valence-corrected chi connectivity index (χ0v) is 19.1. The molecule has 2 aromatic heterocycles. The molecule has 3 N–H and O–H groups in total. The van der Waals surface area contributed by atoms with Gasteiger partial charge in [0.25, 0.3) is 11.5 Å². The number of ether oxygens (including phenoxy) is 1. The summed E-state index contributed by atoms with van der Waals surface area (Å²) >= 11 is 6.35. The number of fused-ring (bicyclic) bond motifs is 1. The quantitative estimate of drug-likeness (QED) is 0.500. The summed E-state index contributed by atoms with van der Waals surface area (Å²) in [6.07, 6.45) is 1.56. The average Bonchev–Trinajstić information content (AvgIpc) is 2.81. The Labute approximate surface area is 195 Å². The maximum atomic E-state index is 12.6. The van der Waals surface area contributed by atoms with E-state index in [9.17, 15) is 9.59 Å². The van der Waals surface area contributed by atoms with Crippen LogP contribution in [0.1, 0.15) is 0 Å². The molecule has 3 aromatic rings. The van der Waals surface area contributed by atoms with Crippen molar-refractivity contribution in [3.63, 3.8) is 0 Å². The number of aromatic nitrogens is 3. The average molecular weight is 470 g/mol. The number of halogens is 1. The standard InChI is InChI=1S/C22H24ClN7O3/c1-13-11-30(7-6-25-13)22-26-10-16(23)20(28-22)27-15-4-5-17-14(8-15)9-18(21(32)29(17)3)33-12-19(31)24-2/h4-5,8-10,25H,1,6-7,11-12H2,2-3H3,(H,24,31)(H,26,27,28). The number of benzene rings is 1. The molecule has 33 heavy (non-hydrogen) atoms. The largest absolute Gasteiger partial charge is 0.478 e. The topological polar surface area (TPSA) is 113 Å². The van der Waals surface area contributed by atoms with Crippen molar-refractivity contribution in [1.82, 2.24) is 25.2 Å². The van der Waals surface area contributed by atoms with E-state index in [2.05, 4.69) is 32.5 Å². The molecule has 0 radical (unpaired) electrons. The Morgan fingerprint density at radius 2 is 2.18 bits per heavy atom. The van der Waals surface area contributed by atoms with Crippen molar-refractivity contribution >= 4 is 45.9 Å². The lowest BCUT2D eigenvalue weighted by molar-refractivity contribution is -0.122. The highest BCUT2D eigenvalue weighted by Gasteiger charge is 2.17. The Balaban J connectivity index is 1.63. The van der Waals surface area contributed by atoms with Crippen LogP contribution in [0.3, 0.4) is 0 Å². The lowest BCUT2D eigenvalue weighted by atomic mass is 10.2. The second-order valence-electron chi connectivity index (χ2n) is 7.55. The van der Waals surface area contributed by atoms with Crippen molar-refractivity contribution in [2.24, 2.45) is 7.05 Å². The van der Waals surface area contributed by atoms with E-state index in [1.807, 2.05) is 23.1 Å². The zero-order valence-electron chi connectivity index (χ0n) is 18.3. The molecule has 0 spiro atoms. The Bertz CT molecular complexity index is 1290. The van der Waals surface area contributed by atoms with Crippen LogP contribution in [-0.2, 0) is 11.8 Å². The van der Waals surface area contributed by atoms with Gasteiger partial charge >= 0.3 is 0 Å². The Kier molecular flexibility index (Phi) is 6.36. The minimum absolute atomic E-state index is 0.0899. The third kappa shape index (κ3) is 4.85. The highest BCUT2D eigenvalue weighted by atomic mass is 35.5. The maximum Gasteiger partial charge on any atom is 0.293 e. The number of amides is 1. The second kappa shape index (κ2) is 9.37. The smallest absolute Gasteiger partial charge is 0.293 e. The van der Waals surface area contributed by atoms with Crippen molar-refractivity contribution in [2.75, 3.05) is 43.5 Å². The number of piperazine rings is 1. The number of hydrogen-bond donors (Lipinski definition) is 3. The molecule has 4 rings (SSSR count). The summed E-state index contributed by atoms with van der Waals surface area (Å²) in [6.45, 7) is 5.86. The molecule has 172 valence electrons. The lowest BCUT2D eigenvalue weighted by Gasteiger charge is -2.29. The SMILES string of the molecule is C=C1CN(c2ncc(Cl)c(Nc3ccc4c(c3)cc(OCC(=O)NC)c(=O)n4C)n2)CCN1. The molecule has 3 heterocycles. The first-order chi connectivity index (χ1) is 15.9. The van der Waals surface area contributed by atoms with Crippen LogP contribution in [0.4, 0.5) is 17.5 Å². The van der Waals surface area contributed by atoms with Gasteiger partial charge in [-0.15, -0.1) is 0 Å². The maximum absolute atomic E-state index is 12.6. The molecule has 0 aliphatic carbocycles. The number of carbonyl (C=O) groups excluding carboxylic acids is 1. The van der Waals surface area contributed by atoms with Gasteiger partial charge in [0.1, 0.15) is 5.02 Å². The first kappa shape index (κ1) is 22.4.